The minimum Gasteiger partial charge on any atom is -0.368 e. The standard InChI is InChI=1S/C25H31N5O/c1-18-8-9-21(16-22(18)24-19(2)30-11-4-3-7-23(30)27-24)28-12-14-29(15-13-28)25(31)20-6-5-10-26-17-20/h3-4,7-9,11,16,20,26H,5-6,10,12-15,17H2,1-2H3. The molecule has 2 aliphatic heterocycles. The number of rotatable bonds is 3. The maximum atomic E-state index is 12.9. The minimum absolute atomic E-state index is 0.157. The van der Waals surface area contributed by atoms with Crippen LogP contribution in [0.4, 0.5) is 5.69 Å². The lowest BCUT2D eigenvalue weighted by atomic mass is 9.97. The molecule has 2 saturated heterocycles. The predicted molar refractivity (Wildman–Crippen MR) is 124 cm³/mol. The van der Waals surface area contributed by atoms with Gasteiger partial charge >= 0.3 is 0 Å². The Bertz CT molecular complexity index is 1090. The Morgan fingerprint density at radius 2 is 1.94 bits per heavy atom. The van der Waals surface area contributed by atoms with Crippen molar-refractivity contribution in [3.05, 3.63) is 53.9 Å². The van der Waals surface area contributed by atoms with Crippen LogP contribution in [0.15, 0.2) is 42.6 Å². The smallest absolute Gasteiger partial charge is 0.227 e. The van der Waals surface area contributed by atoms with Gasteiger partial charge in [-0.25, -0.2) is 4.98 Å². The number of nitrogens with one attached hydrogen (secondary N) is 1. The fraction of sp³-hybridized carbons (Fsp3) is 0.440. The fourth-order valence-electron chi connectivity index (χ4n) is 4.94. The highest BCUT2D eigenvalue weighted by atomic mass is 16.2. The Balaban J connectivity index is 1.34. The monoisotopic (exact) mass is 417 g/mol. The lowest BCUT2D eigenvalue weighted by molar-refractivity contribution is -0.136. The molecule has 1 amide bonds. The molecule has 162 valence electrons. The van der Waals surface area contributed by atoms with E-state index in [4.69, 9.17) is 4.98 Å². The van der Waals surface area contributed by atoms with Crippen molar-refractivity contribution in [2.24, 2.45) is 5.92 Å². The molecule has 1 N–H and O–H groups in total. The molecule has 0 radical (unpaired) electrons. The summed E-state index contributed by atoms with van der Waals surface area (Å²) in [4.78, 5) is 22.2. The van der Waals surface area contributed by atoms with Crippen LogP contribution < -0.4 is 10.2 Å². The first-order chi connectivity index (χ1) is 15.1. The molecule has 5 rings (SSSR count). The Morgan fingerprint density at radius 1 is 1.10 bits per heavy atom. The Kier molecular flexibility index (Phi) is 5.40. The van der Waals surface area contributed by atoms with Crippen LogP contribution in [-0.4, -0.2) is 59.5 Å². The zero-order chi connectivity index (χ0) is 21.4. The third-order valence-corrected chi connectivity index (χ3v) is 6.85. The van der Waals surface area contributed by atoms with Crippen molar-refractivity contribution in [1.82, 2.24) is 19.6 Å². The molecule has 31 heavy (non-hydrogen) atoms. The Hall–Kier alpha value is -2.86. The van der Waals surface area contributed by atoms with E-state index in [2.05, 4.69) is 57.8 Å². The number of aryl methyl sites for hydroxylation is 2. The molecule has 1 aromatic carbocycles. The number of anilines is 1. The molecule has 0 aliphatic carbocycles. The van der Waals surface area contributed by atoms with Gasteiger partial charge in [-0.2, -0.15) is 0 Å². The van der Waals surface area contributed by atoms with Crippen molar-refractivity contribution >= 4 is 17.2 Å². The lowest BCUT2D eigenvalue weighted by Gasteiger charge is -2.38. The summed E-state index contributed by atoms with van der Waals surface area (Å²) < 4.78 is 2.14. The molecule has 2 aliphatic rings. The van der Waals surface area contributed by atoms with E-state index >= 15 is 0 Å². The summed E-state index contributed by atoms with van der Waals surface area (Å²) in [6.45, 7) is 9.50. The lowest BCUT2D eigenvalue weighted by Crippen LogP contribution is -2.52. The Labute approximate surface area is 183 Å². The van der Waals surface area contributed by atoms with E-state index in [0.29, 0.717) is 5.91 Å². The van der Waals surface area contributed by atoms with E-state index in [0.717, 1.165) is 69.1 Å². The largest absolute Gasteiger partial charge is 0.368 e. The Morgan fingerprint density at radius 3 is 2.68 bits per heavy atom. The molecule has 6 nitrogen and oxygen atoms in total. The zero-order valence-electron chi connectivity index (χ0n) is 18.5. The second-order valence-corrected chi connectivity index (χ2v) is 8.83. The first kappa shape index (κ1) is 20.1. The van der Waals surface area contributed by atoms with Crippen molar-refractivity contribution in [3.8, 4) is 11.3 Å². The molecule has 0 spiro atoms. The van der Waals surface area contributed by atoms with E-state index in [-0.39, 0.29) is 5.92 Å². The highest BCUT2D eigenvalue weighted by Crippen LogP contribution is 2.31. The van der Waals surface area contributed by atoms with Gasteiger partial charge < -0.3 is 19.5 Å². The van der Waals surface area contributed by atoms with Crippen LogP contribution in [-0.2, 0) is 4.79 Å². The van der Waals surface area contributed by atoms with E-state index in [1.54, 1.807) is 0 Å². The average Bonchev–Trinajstić information content (AvgIpc) is 3.16. The molecule has 1 unspecified atom stereocenters. The van der Waals surface area contributed by atoms with Crippen molar-refractivity contribution in [3.63, 3.8) is 0 Å². The first-order valence-corrected chi connectivity index (χ1v) is 11.4. The third-order valence-electron chi connectivity index (χ3n) is 6.85. The normalized spacial score (nSPS) is 19.7. The van der Waals surface area contributed by atoms with E-state index < -0.39 is 0 Å². The molecule has 0 saturated carbocycles. The van der Waals surface area contributed by atoms with E-state index in [1.807, 2.05) is 18.2 Å². The molecule has 6 heteroatoms. The number of fused-ring (bicyclic) bond motifs is 1. The maximum absolute atomic E-state index is 12.9. The highest BCUT2D eigenvalue weighted by Gasteiger charge is 2.28. The molecule has 3 aromatic rings. The summed E-state index contributed by atoms with van der Waals surface area (Å²) in [5.41, 5.74) is 6.81. The van der Waals surface area contributed by atoms with Gasteiger partial charge in [0, 0.05) is 55.9 Å². The molecule has 0 bridgehead atoms. The van der Waals surface area contributed by atoms with E-state index in [1.165, 1.54) is 16.8 Å². The number of piperidine rings is 1. The molecular formula is C25H31N5O. The minimum atomic E-state index is 0.157. The molecule has 4 heterocycles. The van der Waals surface area contributed by atoms with Gasteiger partial charge in [0.15, 0.2) is 0 Å². The molecule has 2 fully saturated rings. The second kappa shape index (κ2) is 8.35. The number of hydrogen-bond acceptors (Lipinski definition) is 4. The van der Waals surface area contributed by atoms with Gasteiger partial charge in [-0.15, -0.1) is 0 Å². The van der Waals surface area contributed by atoms with Gasteiger partial charge in [0.25, 0.3) is 0 Å². The van der Waals surface area contributed by atoms with Gasteiger partial charge in [-0.3, -0.25) is 4.79 Å². The molecule has 1 atom stereocenters. The van der Waals surface area contributed by atoms with Gasteiger partial charge in [0.05, 0.1) is 11.6 Å². The average molecular weight is 418 g/mol. The molecule has 2 aromatic heterocycles. The topological polar surface area (TPSA) is 52.9 Å². The summed E-state index contributed by atoms with van der Waals surface area (Å²) >= 11 is 0. The van der Waals surface area contributed by atoms with Crippen molar-refractivity contribution in [2.45, 2.75) is 26.7 Å². The third kappa shape index (κ3) is 3.81. The summed E-state index contributed by atoms with van der Waals surface area (Å²) in [5, 5.41) is 3.37. The van der Waals surface area contributed by atoms with E-state index in [9.17, 15) is 4.79 Å². The predicted octanol–water partition coefficient (Wildman–Crippen LogP) is 3.27. The number of amides is 1. The number of piperazine rings is 1. The highest BCUT2D eigenvalue weighted by molar-refractivity contribution is 5.79. The van der Waals surface area contributed by atoms with Crippen molar-refractivity contribution < 1.29 is 4.79 Å². The summed E-state index contributed by atoms with van der Waals surface area (Å²) in [6.07, 6.45) is 4.19. The number of pyridine rings is 1. The van der Waals surface area contributed by atoms with Gasteiger partial charge in [-0.1, -0.05) is 12.1 Å². The number of carbonyl (C=O) groups excluding carboxylic acids is 1. The zero-order valence-corrected chi connectivity index (χ0v) is 18.5. The van der Waals surface area contributed by atoms with Crippen LogP contribution in [0.2, 0.25) is 0 Å². The number of hydrogen-bond donors (Lipinski definition) is 1. The van der Waals surface area contributed by atoms with Crippen LogP contribution >= 0.6 is 0 Å². The SMILES string of the molecule is Cc1ccc(N2CCN(C(=O)C3CCCNC3)CC2)cc1-c1nc2ccccn2c1C. The number of imidazole rings is 1. The van der Waals surface area contributed by atoms with Crippen LogP contribution in [0.3, 0.4) is 0 Å². The number of carbonyl (C=O) groups is 1. The summed E-state index contributed by atoms with van der Waals surface area (Å²) in [7, 11) is 0. The van der Waals surface area contributed by atoms with Gasteiger partial charge in [-0.05, 0) is 63.1 Å². The van der Waals surface area contributed by atoms with Gasteiger partial charge in [0.1, 0.15) is 5.65 Å². The van der Waals surface area contributed by atoms with Crippen LogP contribution in [0.25, 0.3) is 16.9 Å². The number of benzene rings is 1. The van der Waals surface area contributed by atoms with Crippen molar-refractivity contribution in [2.75, 3.05) is 44.2 Å². The fourth-order valence-corrected chi connectivity index (χ4v) is 4.94. The maximum Gasteiger partial charge on any atom is 0.227 e. The first-order valence-electron chi connectivity index (χ1n) is 11.4. The number of aromatic nitrogens is 2. The van der Waals surface area contributed by atoms with Crippen LogP contribution in [0.5, 0.6) is 0 Å². The van der Waals surface area contributed by atoms with Crippen LogP contribution in [0.1, 0.15) is 24.1 Å². The molecular weight excluding hydrogens is 386 g/mol. The van der Waals surface area contributed by atoms with Crippen LogP contribution in [0, 0.1) is 19.8 Å². The number of nitrogens with zero attached hydrogens (tertiary/aromatic N) is 4. The summed E-state index contributed by atoms with van der Waals surface area (Å²) in [6, 6.07) is 12.8. The van der Waals surface area contributed by atoms with Crippen molar-refractivity contribution in [1.29, 1.82) is 0 Å². The van der Waals surface area contributed by atoms with Gasteiger partial charge in [0.2, 0.25) is 5.91 Å². The second-order valence-electron chi connectivity index (χ2n) is 8.83. The summed E-state index contributed by atoms with van der Waals surface area (Å²) in [5.74, 6) is 0.487. The quantitative estimate of drug-likeness (QED) is 0.711.